The number of hydrogen-bond acceptors (Lipinski definition) is 3. The molecule has 1 aromatic rings. The summed E-state index contributed by atoms with van der Waals surface area (Å²) in [5.41, 5.74) is 0.0987. The van der Waals surface area contributed by atoms with Gasteiger partial charge in [-0.3, -0.25) is 0 Å². The van der Waals surface area contributed by atoms with E-state index in [2.05, 4.69) is 0 Å². The van der Waals surface area contributed by atoms with E-state index in [-0.39, 0.29) is 5.75 Å². The molecule has 0 aliphatic heterocycles. The number of hydrogen-bond donors (Lipinski definition) is 2. The summed E-state index contributed by atoms with van der Waals surface area (Å²) in [6, 6.07) is 5.14. The van der Waals surface area contributed by atoms with Crippen LogP contribution in [-0.2, 0) is 6.42 Å². The summed E-state index contributed by atoms with van der Waals surface area (Å²) in [6.07, 6.45) is 2.10. The first kappa shape index (κ1) is 9.34. The van der Waals surface area contributed by atoms with Crippen molar-refractivity contribution in [3.05, 3.63) is 23.8 Å². The van der Waals surface area contributed by atoms with Gasteiger partial charge in [-0.25, -0.2) is 0 Å². The van der Waals surface area contributed by atoms with Gasteiger partial charge >= 0.3 is 0 Å². The Kier molecular flexibility index (Phi) is 2.11. The fraction of sp³-hybridized carbons (Fsp3) is 0.455. The molecule has 3 nitrogen and oxygen atoms in total. The van der Waals surface area contributed by atoms with Gasteiger partial charge in [0.1, 0.15) is 11.5 Å². The Bertz CT molecular complexity index is 342. The third-order valence-electron chi connectivity index (χ3n) is 2.66. The molecule has 1 fully saturated rings. The van der Waals surface area contributed by atoms with Gasteiger partial charge in [-0.2, -0.15) is 0 Å². The standard InChI is InChI=1S/C11H14O3/c1-14-10-4-2-3-9(12)8(10)7-11(13)5-6-11/h2-4,12-13H,5-7H2,1H3. The summed E-state index contributed by atoms with van der Waals surface area (Å²) in [4.78, 5) is 0. The van der Waals surface area contributed by atoms with E-state index >= 15 is 0 Å². The summed E-state index contributed by atoms with van der Waals surface area (Å²) < 4.78 is 5.13. The molecule has 2 N–H and O–H groups in total. The highest BCUT2D eigenvalue weighted by Gasteiger charge is 2.41. The van der Waals surface area contributed by atoms with Crippen LogP contribution in [-0.4, -0.2) is 22.9 Å². The van der Waals surface area contributed by atoms with Crippen molar-refractivity contribution in [1.82, 2.24) is 0 Å². The normalized spacial score (nSPS) is 17.9. The molecule has 2 rings (SSSR count). The molecule has 0 unspecified atom stereocenters. The van der Waals surface area contributed by atoms with E-state index in [4.69, 9.17) is 4.74 Å². The topological polar surface area (TPSA) is 49.7 Å². The summed E-state index contributed by atoms with van der Waals surface area (Å²) in [6.45, 7) is 0. The molecule has 0 amide bonds. The second-order valence-corrected chi connectivity index (χ2v) is 3.86. The van der Waals surface area contributed by atoms with E-state index in [0.29, 0.717) is 17.7 Å². The number of methoxy groups -OCH3 is 1. The van der Waals surface area contributed by atoms with Crippen LogP contribution in [0.25, 0.3) is 0 Å². The van der Waals surface area contributed by atoms with Gasteiger partial charge in [0, 0.05) is 12.0 Å². The first-order chi connectivity index (χ1) is 6.64. The number of aliphatic hydroxyl groups is 1. The van der Waals surface area contributed by atoms with Gasteiger partial charge in [-0.15, -0.1) is 0 Å². The average Bonchev–Trinajstić information content (AvgIpc) is 2.88. The zero-order valence-electron chi connectivity index (χ0n) is 8.16. The first-order valence-electron chi connectivity index (χ1n) is 4.72. The number of phenolic OH excluding ortho intramolecular Hbond substituents is 1. The molecule has 1 saturated carbocycles. The summed E-state index contributed by atoms with van der Waals surface area (Å²) in [7, 11) is 1.56. The van der Waals surface area contributed by atoms with Gasteiger partial charge in [0.25, 0.3) is 0 Å². The summed E-state index contributed by atoms with van der Waals surface area (Å²) in [5.74, 6) is 0.843. The maximum Gasteiger partial charge on any atom is 0.125 e. The minimum atomic E-state index is -0.605. The predicted octanol–water partition coefficient (Wildman–Crippen LogP) is 1.47. The van der Waals surface area contributed by atoms with Crippen molar-refractivity contribution in [2.45, 2.75) is 24.9 Å². The largest absolute Gasteiger partial charge is 0.508 e. The Balaban J connectivity index is 2.29. The van der Waals surface area contributed by atoms with Gasteiger partial charge in [-0.05, 0) is 25.0 Å². The smallest absolute Gasteiger partial charge is 0.125 e. The van der Waals surface area contributed by atoms with Crippen molar-refractivity contribution in [2.75, 3.05) is 7.11 Å². The lowest BCUT2D eigenvalue weighted by Gasteiger charge is -2.13. The van der Waals surface area contributed by atoms with Crippen molar-refractivity contribution in [2.24, 2.45) is 0 Å². The van der Waals surface area contributed by atoms with Crippen LogP contribution in [0.1, 0.15) is 18.4 Å². The Labute approximate surface area is 83.0 Å². The minimum absolute atomic E-state index is 0.199. The van der Waals surface area contributed by atoms with E-state index < -0.39 is 5.60 Å². The highest BCUT2D eigenvalue weighted by molar-refractivity contribution is 5.45. The minimum Gasteiger partial charge on any atom is -0.508 e. The number of benzene rings is 1. The van der Waals surface area contributed by atoms with Crippen molar-refractivity contribution >= 4 is 0 Å². The molecule has 0 bridgehead atoms. The third-order valence-corrected chi connectivity index (χ3v) is 2.66. The van der Waals surface area contributed by atoms with E-state index in [0.717, 1.165) is 12.8 Å². The average molecular weight is 194 g/mol. The van der Waals surface area contributed by atoms with Crippen LogP contribution in [0.5, 0.6) is 11.5 Å². The SMILES string of the molecule is COc1cccc(O)c1CC1(O)CC1. The van der Waals surface area contributed by atoms with Gasteiger partial charge in [0.15, 0.2) is 0 Å². The molecule has 0 heterocycles. The number of rotatable bonds is 3. The van der Waals surface area contributed by atoms with E-state index in [1.807, 2.05) is 0 Å². The monoisotopic (exact) mass is 194 g/mol. The van der Waals surface area contributed by atoms with E-state index in [1.165, 1.54) is 0 Å². The third kappa shape index (κ3) is 1.68. The fourth-order valence-corrected chi connectivity index (χ4v) is 1.57. The molecule has 3 heteroatoms. The molecule has 14 heavy (non-hydrogen) atoms. The second-order valence-electron chi connectivity index (χ2n) is 3.86. The number of phenols is 1. The molecule has 0 atom stereocenters. The first-order valence-corrected chi connectivity index (χ1v) is 4.72. The van der Waals surface area contributed by atoms with Crippen molar-refractivity contribution in [3.63, 3.8) is 0 Å². The van der Waals surface area contributed by atoms with Gasteiger partial charge < -0.3 is 14.9 Å². The fourth-order valence-electron chi connectivity index (χ4n) is 1.57. The number of ether oxygens (including phenoxy) is 1. The van der Waals surface area contributed by atoms with Gasteiger partial charge in [0.05, 0.1) is 12.7 Å². The van der Waals surface area contributed by atoms with Crippen LogP contribution in [0.3, 0.4) is 0 Å². The van der Waals surface area contributed by atoms with Gasteiger partial charge in [-0.1, -0.05) is 6.07 Å². The van der Waals surface area contributed by atoms with Crippen LogP contribution in [0.4, 0.5) is 0 Å². The molecule has 0 aromatic heterocycles. The lowest BCUT2D eigenvalue weighted by molar-refractivity contribution is 0.149. The molecule has 0 radical (unpaired) electrons. The second kappa shape index (κ2) is 3.17. The zero-order valence-corrected chi connectivity index (χ0v) is 8.16. The maximum absolute atomic E-state index is 9.76. The van der Waals surface area contributed by atoms with Crippen LogP contribution >= 0.6 is 0 Å². The Hall–Kier alpha value is -1.22. The summed E-state index contributed by atoms with van der Waals surface area (Å²) >= 11 is 0. The molecular formula is C11H14O3. The molecule has 76 valence electrons. The van der Waals surface area contributed by atoms with Crippen LogP contribution in [0.15, 0.2) is 18.2 Å². The number of aromatic hydroxyl groups is 1. The highest BCUT2D eigenvalue weighted by Crippen LogP contribution is 2.42. The van der Waals surface area contributed by atoms with Crippen molar-refractivity contribution in [1.29, 1.82) is 0 Å². The lowest BCUT2D eigenvalue weighted by atomic mass is 10.0. The Morgan fingerprint density at radius 3 is 2.71 bits per heavy atom. The molecule has 0 saturated heterocycles. The van der Waals surface area contributed by atoms with Gasteiger partial charge in [0.2, 0.25) is 0 Å². The zero-order chi connectivity index (χ0) is 10.2. The van der Waals surface area contributed by atoms with Crippen LogP contribution in [0.2, 0.25) is 0 Å². The summed E-state index contributed by atoms with van der Waals surface area (Å²) in [5, 5.41) is 19.4. The van der Waals surface area contributed by atoms with E-state index in [9.17, 15) is 10.2 Å². The molecular weight excluding hydrogens is 180 g/mol. The predicted molar refractivity (Wildman–Crippen MR) is 52.5 cm³/mol. The molecule has 1 aliphatic rings. The highest BCUT2D eigenvalue weighted by atomic mass is 16.5. The maximum atomic E-state index is 9.76. The van der Waals surface area contributed by atoms with Crippen molar-refractivity contribution in [3.8, 4) is 11.5 Å². The molecule has 1 aromatic carbocycles. The Morgan fingerprint density at radius 1 is 1.43 bits per heavy atom. The van der Waals surface area contributed by atoms with Crippen LogP contribution < -0.4 is 4.74 Å². The van der Waals surface area contributed by atoms with Crippen LogP contribution in [0, 0.1) is 0 Å². The Morgan fingerprint density at radius 2 is 2.14 bits per heavy atom. The molecule has 1 aliphatic carbocycles. The molecule has 0 spiro atoms. The quantitative estimate of drug-likeness (QED) is 0.766. The lowest BCUT2D eigenvalue weighted by Crippen LogP contribution is -2.11. The van der Waals surface area contributed by atoms with Crippen molar-refractivity contribution < 1.29 is 14.9 Å². The van der Waals surface area contributed by atoms with E-state index in [1.54, 1.807) is 25.3 Å².